The molecule has 0 aliphatic heterocycles. The van der Waals surface area contributed by atoms with Gasteiger partial charge in [-0.25, -0.2) is 4.79 Å². The van der Waals surface area contributed by atoms with Crippen LogP contribution in [0.5, 0.6) is 0 Å². The first kappa shape index (κ1) is 14.4. The van der Waals surface area contributed by atoms with Gasteiger partial charge in [0.25, 0.3) is 0 Å². The molecule has 0 amide bonds. The number of hydrogen-bond acceptors (Lipinski definition) is 3. The minimum atomic E-state index is -1.02. The minimum Gasteiger partial charge on any atom is -0.478 e. The third-order valence-corrected chi connectivity index (χ3v) is 3.24. The molecular formula is C14H10Cl2N2O2. The number of hydrazone groups is 1. The number of aromatic carboxylic acids is 1. The molecule has 20 heavy (non-hydrogen) atoms. The van der Waals surface area contributed by atoms with Crippen molar-refractivity contribution in [2.24, 2.45) is 5.10 Å². The number of carboxylic acids is 1. The number of carbonyl (C=O) groups is 1. The topological polar surface area (TPSA) is 61.7 Å². The van der Waals surface area contributed by atoms with Gasteiger partial charge in [-0.2, -0.15) is 5.10 Å². The Bertz CT molecular complexity index is 672. The summed E-state index contributed by atoms with van der Waals surface area (Å²) in [5, 5.41) is 13.9. The highest BCUT2D eigenvalue weighted by Crippen LogP contribution is 2.22. The third-order valence-electron chi connectivity index (χ3n) is 2.50. The highest BCUT2D eigenvalue weighted by atomic mass is 35.5. The number of para-hydroxylation sites is 1. The lowest BCUT2D eigenvalue weighted by atomic mass is 10.2. The molecule has 102 valence electrons. The SMILES string of the molecule is O=C(O)c1ccccc1N/N=C/c1ccc(Cl)c(Cl)c1. The second-order valence-corrected chi connectivity index (χ2v) is 4.71. The largest absolute Gasteiger partial charge is 0.478 e. The van der Waals surface area contributed by atoms with E-state index in [1.807, 2.05) is 0 Å². The van der Waals surface area contributed by atoms with E-state index in [1.165, 1.54) is 12.3 Å². The number of benzene rings is 2. The Morgan fingerprint density at radius 1 is 1.15 bits per heavy atom. The average molecular weight is 309 g/mol. The van der Waals surface area contributed by atoms with Gasteiger partial charge in [0.15, 0.2) is 0 Å². The van der Waals surface area contributed by atoms with E-state index >= 15 is 0 Å². The molecule has 0 aliphatic carbocycles. The molecule has 0 unspecified atom stereocenters. The van der Waals surface area contributed by atoms with E-state index in [-0.39, 0.29) is 5.56 Å². The molecule has 0 radical (unpaired) electrons. The van der Waals surface area contributed by atoms with Crippen LogP contribution in [0.3, 0.4) is 0 Å². The summed E-state index contributed by atoms with van der Waals surface area (Å²) in [6, 6.07) is 11.6. The van der Waals surface area contributed by atoms with Crippen molar-refractivity contribution in [2.75, 3.05) is 5.43 Å². The van der Waals surface area contributed by atoms with E-state index in [0.717, 1.165) is 5.56 Å². The predicted octanol–water partition coefficient (Wildman–Crippen LogP) is 4.14. The summed E-state index contributed by atoms with van der Waals surface area (Å²) >= 11 is 11.7. The molecule has 0 aromatic heterocycles. The van der Waals surface area contributed by atoms with E-state index in [1.54, 1.807) is 36.4 Å². The summed E-state index contributed by atoms with van der Waals surface area (Å²) < 4.78 is 0. The smallest absolute Gasteiger partial charge is 0.337 e. The predicted molar refractivity (Wildman–Crippen MR) is 81.1 cm³/mol. The third kappa shape index (κ3) is 3.50. The van der Waals surface area contributed by atoms with Crippen molar-refractivity contribution in [3.05, 3.63) is 63.6 Å². The number of halogens is 2. The fourth-order valence-corrected chi connectivity index (χ4v) is 1.84. The first-order chi connectivity index (χ1) is 9.58. The highest BCUT2D eigenvalue weighted by molar-refractivity contribution is 6.42. The van der Waals surface area contributed by atoms with Crippen LogP contribution in [0, 0.1) is 0 Å². The van der Waals surface area contributed by atoms with Crippen molar-refractivity contribution in [2.45, 2.75) is 0 Å². The molecule has 2 N–H and O–H groups in total. The maximum Gasteiger partial charge on any atom is 0.337 e. The lowest BCUT2D eigenvalue weighted by Gasteiger charge is -2.04. The molecule has 0 fully saturated rings. The molecule has 2 aromatic carbocycles. The van der Waals surface area contributed by atoms with E-state index in [9.17, 15) is 4.79 Å². The Morgan fingerprint density at radius 3 is 2.60 bits per heavy atom. The fourth-order valence-electron chi connectivity index (χ4n) is 1.54. The van der Waals surface area contributed by atoms with Gasteiger partial charge in [0.05, 0.1) is 27.5 Å². The van der Waals surface area contributed by atoms with Crippen molar-refractivity contribution in [3.8, 4) is 0 Å². The number of carboxylic acid groups (broad SMARTS) is 1. The Hall–Kier alpha value is -2.04. The lowest BCUT2D eigenvalue weighted by molar-refractivity contribution is 0.0698. The maximum atomic E-state index is 11.0. The summed E-state index contributed by atoms with van der Waals surface area (Å²) in [6.45, 7) is 0. The van der Waals surface area contributed by atoms with Crippen LogP contribution in [0.25, 0.3) is 0 Å². The van der Waals surface area contributed by atoms with E-state index in [0.29, 0.717) is 15.7 Å². The zero-order valence-corrected chi connectivity index (χ0v) is 11.7. The van der Waals surface area contributed by atoms with Gasteiger partial charge < -0.3 is 5.11 Å². The number of anilines is 1. The van der Waals surface area contributed by atoms with Crippen LogP contribution in [0.4, 0.5) is 5.69 Å². The molecule has 0 aliphatic rings. The number of hydrogen-bond donors (Lipinski definition) is 2. The van der Waals surface area contributed by atoms with Crippen molar-refractivity contribution in [1.82, 2.24) is 0 Å². The Balaban J connectivity index is 2.14. The Labute approximate surface area is 125 Å². The maximum absolute atomic E-state index is 11.0. The quantitative estimate of drug-likeness (QED) is 0.659. The van der Waals surface area contributed by atoms with Crippen molar-refractivity contribution >= 4 is 41.1 Å². The van der Waals surface area contributed by atoms with Crippen LogP contribution >= 0.6 is 23.2 Å². The molecule has 6 heteroatoms. The fraction of sp³-hybridized carbons (Fsp3) is 0. The summed E-state index contributed by atoms with van der Waals surface area (Å²) in [6.07, 6.45) is 1.53. The molecule has 2 rings (SSSR count). The van der Waals surface area contributed by atoms with Gasteiger partial charge in [-0.15, -0.1) is 0 Å². The average Bonchev–Trinajstić information content (AvgIpc) is 2.43. The molecule has 2 aromatic rings. The lowest BCUT2D eigenvalue weighted by Crippen LogP contribution is -2.02. The molecular weight excluding hydrogens is 299 g/mol. The van der Waals surface area contributed by atoms with Gasteiger partial charge in [-0.05, 0) is 29.8 Å². The molecule has 0 saturated heterocycles. The van der Waals surface area contributed by atoms with Gasteiger partial charge >= 0.3 is 5.97 Å². The zero-order valence-electron chi connectivity index (χ0n) is 10.2. The van der Waals surface area contributed by atoms with Crippen molar-refractivity contribution < 1.29 is 9.90 Å². The first-order valence-corrected chi connectivity index (χ1v) is 6.40. The van der Waals surface area contributed by atoms with Crippen LogP contribution in [-0.2, 0) is 0 Å². The number of nitrogens with zero attached hydrogens (tertiary/aromatic N) is 1. The highest BCUT2D eigenvalue weighted by Gasteiger charge is 2.07. The molecule has 4 nitrogen and oxygen atoms in total. The normalized spacial score (nSPS) is 10.7. The van der Waals surface area contributed by atoms with Crippen molar-refractivity contribution in [3.63, 3.8) is 0 Å². The van der Waals surface area contributed by atoms with Crippen LogP contribution < -0.4 is 5.43 Å². The summed E-state index contributed by atoms with van der Waals surface area (Å²) in [7, 11) is 0. The van der Waals surface area contributed by atoms with Crippen LogP contribution in [0.2, 0.25) is 10.0 Å². The Kier molecular flexibility index (Phi) is 4.61. The molecule has 0 spiro atoms. The Morgan fingerprint density at radius 2 is 1.90 bits per heavy atom. The van der Waals surface area contributed by atoms with Gasteiger partial charge in [0.1, 0.15) is 0 Å². The second-order valence-electron chi connectivity index (χ2n) is 3.89. The standard InChI is InChI=1S/C14H10Cl2N2O2/c15-11-6-5-9(7-12(11)16)8-17-18-13-4-2-1-3-10(13)14(19)20/h1-8,18H,(H,19,20)/b17-8+. The molecule has 0 atom stereocenters. The van der Waals surface area contributed by atoms with Crippen molar-refractivity contribution in [1.29, 1.82) is 0 Å². The van der Waals surface area contributed by atoms with Crippen LogP contribution in [0.1, 0.15) is 15.9 Å². The second kappa shape index (κ2) is 6.41. The zero-order chi connectivity index (χ0) is 14.5. The van der Waals surface area contributed by atoms with E-state index in [4.69, 9.17) is 28.3 Å². The van der Waals surface area contributed by atoms with Gasteiger partial charge in [-0.1, -0.05) is 41.4 Å². The van der Waals surface area contributed by atoms with Gasteiger partial charge in [0.2, 0.25) is 0 Å². The van der Waals surface area contributed by atoms with Crippen LogP contribution in [0.15, 0.2) is 47.6 Å². The van der Waals surface area contributed by atoms with Gasteiger partial charge in [-0.3, -0.25) is 5.43 Å². The summed E-state index contributed by atoms with van der Waals surface area (Å²) in [5.41, 5.74) is 4.00. The summed E-state index contributed by atoms with van der Waals surface area (Å²) in [4.78, 5) is 11.0. The summed E-state index contributed by atoms with van der Waals surface area (Å²) in [5.74, 6) is -1.02. The first-order valence-electron chi connectivity index (χ1n) is 5.64. The monoisotopic (exact) mass is 308 g/mol. The minimum absolute atomic E-state index is 0.152. The van der Waals surface area contributed by atoms with Gasteiger partial charge in [0, 0.05) is 0 Å². The molecule has 0 heterocycles. The van der Waals surface area contributed by atoms with Crippen LogP contribution in [-0.4, -0.2) is 17.3 Å². The molecule has 0 saturated carbocycles. The number of rotatable bonds is 4. The molecule has 0 bridgehead atoms. The van der Waals surface area contributed by atoms with E-state index in [2.05, 4.69) is 10.5 Å². The number of nitrogens with one attached hydrogen (secondary N) is 1. The van der Waals surface area contributed by atoms with E-state index < -0.39 is 5.97 Å².